The molecule has 0 spiro atoms. The van der Waals surface area contributed by atoms with E-state index in [-0.39, 0.29) is 5.91 Å². The summed E-state index contributed by atoms with van der Waals surface area (Å²) in [5, 5.41) is 0. The molecular formula is C14H22N2O. The Kier molecular flexibility index (Phi) is 5.70. The molecule has 94 valence electrons. The number of nitrogens with two attached hydrogens (primary N) is 1. The number of carbonyl (C=O) groups excluding carboxylic acids is 1. The maximum Gasteiger partial charge on any atom is 0.226 e. The molecule has 0 aromatic heterocycles. The van der Waals surface area contributed by atoms with E-state index in [1.165, 1.54) is 0 Å². The lowest BCUT2D eigenvalue weighted by Crippen LogP contribution is -2.29. The van der Waals surface area contributed by atoms with Gasteiger partial charge in [0.05, 0.1) is 6.42 Å². The predicted molar refractivity (Wildman–Crippen MR) is 70.6 cm³/mol. The number of rotatable bonds is 6. The fourth-order valence-corrected chi connectivity index (χ4v) is 1.75. The molecule has 1 aromatic rings. The van der Waals surface area contributed by atoms with Crippen LogP contribution in [0.2, 0.25) is 0 Å². The Morgan fingerprint density at radius 2 is 1.94 bits per heavy atom. The summed E-state index contributed by atoms with van der Waals surface area (Å²) in [6.45, 7) is 3.45. The minimum atomic E-state index is 0.166. The molecule has 0 saturated heterocycles. The van der Waals surface area contributed by atoms with Crippen molar-refractivity contribution in [2.75, 3.05) is 13.6 Å². The van der Waals surface area contributed by atoms with E-state index in [9.17, 15) is 4.79 Å². The number of amides is 1. The van der Waals surface area contributed by atoms with E-state index in [1.807, 2.05) is 31.3 Å². The van der Waals surface area contributed by atoms with E-state index in [1.54, 1.807) is 4.90 Å². The van der Waals surface area contributed by atoms with Crippen molar-refractivity contribution in [2.45, 2.75) is 32.7 Å². The average Bonchev–Trinajstić information content (AvgIpc) is 2.36. The van der Waals surface area contributed by atoms with Gasteiger partial charge in [0.1, 0.15) is 0 Å². The van der Waals surface area contributed by atoms with Crippen LogP contribution in [0, 0.1) is 0 Å². The molecule has 3 nitrogen and oxygen atoms in total. The van der Waals surface area contributed by atoms with Crippen LogP contribution >= 0.6 is 0 Å². The fourth-order valence-electron chi connectivity index (χ4n) is 1.75. The van der Waals surface area contributed by atoms with E-state index in [2.05, 4.69) is 6.92 Å². The lowest BCUT2D eigenvalue weighted by atomic mass is 10.0. The maximum atomic E-state index is 12.0. The number of nitrogens with zero attached hydrogens (tertiary/aromatic N) is 1. The highest BCUT2D eigenvalue weighted by atomic mass is 16.2. The van der Waals surface area contributed by atoms with E-state index in [4.69, 9.17) is 5.73 Å². The summed E-state index contributed by atoms with van der Waals surface area (Å²) in [6, 6.07) is 7.87. The molecule has 1 amide bonds. The highest BCUT2D eigenvalue weighted by molar-refractivity contribution is 5.78. The van der Waals surface area contributed by atoms with Gasteiger partial charge in [-0.25, -0.2) is 0 Å². The lowest BCUT2D eigenvalue weighted by Gasteiger charge is -2.17. The summed E-state index contributed by atoms with van der Waals surface area (Å²) in [5.74, 6) is 0.166. The molecule has 0 heterocycles. The van der Waals surface area contributed by atoms with E-state index in [0.29, 0.717) is 13.0 Å². The van der Waals surface area contributed by atoms with Crippen LogP contribution in [0.3, 0.4) is 0 Å². The zero-order valence-corrected chi connectivity index (χ0v) is 10.8. The molecule has 0 radical (unpaired) electrons. The van der Waals surface area contributed by atoms with Crippen molar-refractivity contribution in [3.8, 4) is 0 Å². The van der Waals surface area contributed by atoms with Crippen molar-refractivity contribution in [2.24, 2.45) is 5.73 Å². The van der Waals surface area contributed by atoms with Crippen LogP contribution in [0.1, 0.15) is 30.9 Å². The monoisotopic (exact) mass is 234 g/mol. The van der Waals surface area contributed by atoms with Crippen LogP contribution < -0.4 is 5.73 Å². The fraction of sp³-hybridized carbons (Fsp3) is 0.500. The normalized spacial score (nSPS) is 10.3. The molecule has 2 N–H and O–H groups in total. The third-order valence-electron chi connectivity index (χ3n) is 2.95. The number of hydrogen-bond acceptors (Lipinski definition) is 2. The van der Waals surface area contributed by atoms with Gasteiger partial charge in [0.15, 0.2) is 0 Å². The SMILES string of the molecule is CCCCN(C)C(=O)Cc1ccccc1CN. The molecule has 0 bridgehead atoms. The van der Waals surface area contributed by atoms with Gasteiger partial charge in [0, 0.05) is 20.1 Å². The quantitative estimate of drug-likeness (QED) is 0.817. The molecule has 17 heavy (non-hydrogen) atoms. The Morgan fingerprint density at radius 1 is 1.29 bits per heavy atom. The van der Waals surface area contributed by atoms with E-state index < -0.39 is 0 Å². The molecule has 0 atom stereocenters. The van der Waals surface area contributed by atoms with E-state index in [0.717, 1.165) is 30.5 Å². The smallest absolute Gasteiger partial charge is 0.226 e. The zero-order valence-electron chi connectivity index (χ0n) is 10.8. The van der Waals surface area contributed by atoms with Gasteiger partial charge in [-0.05, 0) is 17.5 Å². The topological polar surface area (TPSA) is 46.3 Å². The first-order chi connectivity index (χ1) is 8.19. The van der Waals surface area contributed by atoms with Gasteiger partial charge >= 0.3 is 0 Å². The molecule has 0 aliphatic heterocycles. The van der Waals surface area contributed by atoms with Gasteiger partial charge in [-0.2, -0.15) is 0 Å². The predicted octanol–water partition coefficient (Wildman–Crippen LogP) is 1.95. The van der Waals surface area contributed by atoms with Crippen molar-refractivity contribution >= 4 is 5.91 Å². The molecule has 1 aromatic carbocycles. The Labute approximate surface area is 104 Å². The molecular weight excluding hydrogens is 212 g/mol. The summed E-state index contributed by atoms with van der Waals surface area (Å²) in [6.07, 6.45) is 2.62. The van der Waals surface area contributed by atoms with Crippen molar-refractivity contribution in [3.05, 3.63) is 35.4 Å². The zero-order chi connectivity index (χ0) is 12.7. The van der Waals surface area contributed by atoms with E-state index >= 15 is 0 Å². The Balaban J connectivity index is 2.61. The van der Waals surface area contributed by atoms with Crippen LogP contribution in [0.15, 0.2) is 24.3 Å². The number of unbranched alkanes of at least 4 members (excludes halogenated alkanes) is 1. The summed E-state index contributed by atoms with van der Waals surface area (Å²) in [4.78, 5) is 13.8. The second-order valence-electron chi connectivity index (χ2n) is 4.32. The minimum absolute atomic E-state index is 0.166. The highest BCUT2D eigenvalue weighted by Crippen LogP contribution is 2.10. The van der Waals surface area contributed by atoms with Gasteiger partial charge in [0.25, 0.3) is 0 Å². The van der Waals surface area contributed by atoms with Crippen LogP contribution in [0.4, 0.5) is 0 Å². The number of carbonyl (C=O) groups is 1. The molecule has 0 saturated carbocycles. The van der Waals surface area contributed by atoms with Gasteiger partial charge < -0.3 is 10.6 Å². The van der Waals surface area contributed by atoms with Crippen molar-refractivity contribution in [3.63, 3.8) is 0 Å². The standard InChI is InChI=1S/C14H22N2O/c1-3-4-9-16(2)14(17)10-12-7-5-6-8-13(12)11-15/h5-8H,3-4,9-11,15H2,1-2H3. The first kappa shape index (κ1) is 13.7. The summed E-state index contributed by atoms with van der Waals surface area (Å²) >= 11 is 0. The number of hydrogen-bond donors (Lipinski definition) is 1. The number of benzene rings is 1. The summed E-state index contributed by atoms with van der Waals surface area (Å²) < 4.78 is 0. The molecule has 0 aliphatic carbocycles. The lowest BCUT2D eigenvalue weighted by molar-refractivity contribution is -0.129. The van der Waals surface area contributed by atoms with Gasteiger partial charge in [-0.1, -0.05) is 37.6 Å². The molecule has 0 aliphatic rings. The van der Waals surface area contributed by atoms with Crippen molar-refractivity contribution in [1.29, 1.82) is 0 Å². The molecule has 3 heteroatoms. The van der Waals surface area contributed by atoms with Crippen LogP contribution in [-0.2, 0) is 17.8 Å². The second kappa shape index (κ2) is 7.07. The number of likely N-dealkylation sites (N-methyl/N-ethyl adjacent to an activating group) is 1. The largest absolute Gasteiger partial charge is 0.345 e. The van der Waals surface area contributed by atoms with Crippen LogP contribution in [0.25, 0.3) is 0 Å². The van der Waals surface area contributed by atoms with Crippen molar-refractivity contribution < 1.29 is 4.79 Å². The highest BCUT2D eigenvalue weighted by Gasteiger charge is 2.10. The van der Waals surface area contributed by atoms with Crippen LogP contribution in [0.5, 0.6) is 0 Å². The Bertz CT molecular complexity index is 363. The van der Waals surface area contributed by atoms with Gasteiger partial charge in [-0.15, -0.1) is 0 Å². The third-order valence-corrected chi connectivity index (χ3v) is 2.95. The first-order valence-corrected chi connectivity index (χ1v) is 6.19. The Morgan fingerprint density at radius 3 is 2.53 bits per heavy atom. The molecule has 0 unspecified atom stereocenters. The van der Waals surface area contributed by atoms with Crippen molar-refractivity contribution in [1.82, 2.24) is 4.90 Å². The molecule has 1 rings (SSSR count). The second-order valence-corrected chi connectivity index (χ2v) is 4.32. The Hall–Kier alpha value is -1.35. The van der Waals surface area contributed by atoms with Gasteiger partial charge in [0.2, 0.25) is 5.91 Å². The minimum Gasteiger partial charge on any atom is -0.345 e. The molecule has 0 fully saturated rings. The maximum absolute atomic E-state index is 12.0. The first-order valence-electron chi connectivity index (χ1n) is 6.19. The average molecular weight is 234 g/mol. The summed E-state index contributed by atoms with van der Waals surface area (Å²) in [7, 11) is 1.86. The van der Waals surface area contributed by atoms with Gasteiger partial charge in [-0.3, -0.25) is 4.79 Å². The summed E-state index contributed by atoms with van der Waals surface area (Å²) in [5.41, 5.74) is 7.76. The third kappa shape index (κ3) is 4.19. The van der Waals surface area contributed by atoms with Crippen LogP contribution in [-0.4, -0.2) is 24.4 Å².